The van der Waals surface area contributed by atoms with Crippen LogP contribution >= 0.6 is 15.9 Å². The van der Waals surface area contributed by atoms with E-state index in [9.17, 15) is 14.7 Å². The molecule has 0 saturated heterocycles. The maximum atomic E-state index is 12.4. The van der Waals surface area contributed by atoms with Crippen molar-refractivity contribution in [2.45, 2.75) is 45.1 Å². The highest BCUT2D eigenvalue weighted by Gasteiger charge is 2.32. The largest absolute Gasteiger partial charge is 0.459 e. The Morgan fingerprint density at radius 1 is 1.07 bits per heavy atom. The summed E-state index contributed by atoms with van der Waals surface area (Å²) in [6.07, 6.45) is -2.34. The number of halogens is 1. The Bertz CT molecular complexity index is 787. The fraction of sp³-hybridized carbons (Fsp3) is 0.333. The van der Waals surface area contributed by atoms with Gasteiger partial charge in [-0.15, -0.1) is 0 Å². The topological polar surface area (TPSA) is 84.9 Å². The van der Waals surface area contributed by atoms with E-state index in [2.05, 4.69) is 21.2 Å². The number of hydrogen-bond donors (Lipinski definition) is 2. The van der Waals surface area contributed by atoms with Gasteiger partial charge in [-0.25, -0.2) is 9.59 Å². The minimum atomic E-state index is -1.60. The zero-order valence-corrected chi connectivity index (χ0v) is 17.6. The quantitative estimate of drug-likeness (QED) is 0.647. The minimum Gasteiger partial charge on any atom is -0.459 e. The Morgan fingerprint density at radius 3 is 2.25 bits per heavy atom. The van der Waals surface area contributed by atoms with E-state index in [0.717, 1.165) is 10.0 Å². The monoisotopic (exact) mass is 449 g/mol. The highest BCUT2D eigenvalue weighted by molar-refractivity contribution is 9.10. The summed E-state index contributed by atoms with van der Waals surface area (Å²) in [6, 6.07) is 15.0. The van der Waals surface area contributed by atoms with Gasteiger partial charge in [0.25, 0.3) is 0 Å². The first kappa shape index (κ1) is 21.9. The summed E-state index contributed by atoms with van der Waals surface area (Å²) in [5.41, 5.74) is 0.620. The van der Waals surface area contributed by atoms with Crippen molar-refractivity contribution < 1.29 is 24.2 Å². The van der Waals surface area contributed by atoms with Crippen LogP contribution < -0.4 is 5.32 Å². The van der Waals surface area contributed by atoms with Crippen LogP contribution in [-0.2, 0) is 20.9 Å². The molecule has 7 heteroatoms. The average Bonchev–Trinajstić information content (AvgIpc) is 2.64. The Hall–Kier alpha value is -2.38. The lowest BCUT2D eigenvalue weighted by atomic mass is 10.0. The summed E-state index contributed by atoms with van der Waals surface area (Å²) in [4.78, 5) is 24.6. The van der Waals surface area contributed by atoms with Crippen molar-refractivity contribution in [1.82, 2.24) is 5.32 Å². The van der Waals surface area contributed by atoms with E-state index in [4.69, 9.17) is 9.47 Å². The molecule has 150 valence electrons. The zero-order chi connectivity index (χ0) is 20.7. The standard InChI is InChI=1S/C21H24BrNO5/c1-21(2,3)28-20(26)23-17(15-9-11-16(22)12-10-15)18(24)19(25)27-13-14-7-5-4-6-8-14/h4-12,17-18,24H,13H2,1-3H3,(H,23,26)/t17-,18+/m0/s1. The second-order valence-corrected chi connectivity index (χ2v) is 8.13. The van der Waals surface area contributed by atoms with Crippen LogP contribution in [0.5, 0.6) is 0 Å². The van der Waals surface area contributed by atoms with Crippen LogP contribution in [0.4, 0.5) is 4.79 Å². The lowest BCUT2D eigenvalue weighted by Gasteiger charge is -2.26. The third kappa shape index (κ3) is 6.98. The molecule has 0 saturated carbocycles. The first-order chi connectivity index (χ1) is 13.2. The maximum Gasteiger partial charge on any atom is 0.408 e. The number of nitrogens with one attached hydrogen (secondary N) is 1. The van der Waals surface area contributed by atoms with Crippen molar-refractivity contribution in [1.29, 1.82) is 0 Å². The highest BCUT2D eigenvalue weighted by atomic mass is 79.9. The predicted octanol–water partition coefficient (Wildman–Crippen LogP) is 4.12. The lowest BCUT2D eigenvalue weighted by Crippen LogP contribution is -2.43. The summed E-state index contributed by atoms with van der Waals surface area (Å²) in [7, 11) is 0. The van der Waals surface area contributed by atoms with Gasteiger partial charge in [0, 0.05) is 4.47 Å². The smallest absolute Gasteiger partial charge is 0.408 e. The third-order valence-corrected chi connectivity index (χ3v) is 4.21. The van der Waals surface area contributed by atoms with Crippen molar-refractivity contribution in [3.8, 4) is 0 Å². The summed E-state index contributed by atoms with van der Waals surface area (Å²) < 4.78 is 11.3. The molecule has 0 spiro atoms. The fourth-order valence-electron chi connectivity index (χ4n) is 2.40. The van der Waals surface area contributed by atoms with Crippen LogP contribution in [0.2, 0.25) is 0 Å². The van der Waals surface area contributed by atoms with Crippen LogP contribution in [0.1, 0.15) is 37.9 Å². The van der Waals surface area contributed by atoms with Crippen LogP contribution in [0, 0.1) is 0 Å². The zero-order valence-electron chi connectivity index (χ0n) is 16.0. The van der Waals surface area contributed by atoms with Crippen molar-refractivity contribution in [3.05, 3.63) is 70.2 Å². The van der Waals surface area contributed by atoms with Crippen LogP contribution in [-0.4, -0.2) is 28.9 Å². The third-order valence-electron chi connectivity index (χ3n) is 3.68. The molecule has 0 aliphatic carbocycles. The first-order valence-electron chi connectivity index (χ1n) is 8.79. The number of aliphatic hydroxyl groups excluding tert-OH is 1. The van der Waals surface area contributed by atoms with Crippen LogP contribution in [0.15, 0.2) is 59.1 Å². The summed E-state index contributed by atoms with van der Waals surface area (Å²) in [5, 5.41) is 13.1. The lowest BCUT2D eigenvalue weighted by molar-refractivity contribution is -0.156. The Balaban J connectivity index is 2.13. The summed E-state index contributed by atoms with van der Waals surface area (Å²) in [6.45, 7) is 5.21. The highest BCUT2D eigenvalue weighted by Crippen LogP contribution is 2.22. The molecule has 2 aromatic carbocycles. The fourth-order valence-corrected chi connectivity index (χ4v) is 2.66. The molecule has 2 aromatic rings. The molecule has 0 aromatic heterocycles. The van der Waals surface area contributed by atoms with E-state index >= 15 is 0 Å². The van der Waals surface area contributed by atoms with Gasteiger partial charge in [0.1, 0.15) is 12.2 Å². The minimum absolute atomic E-state index is 0.0240. The molecule has 0 unspecified atom stereocenters. The molecular formula is C21H24BrNO5. The maximum absolute atomic E-state index is 12.4. The van der Waals surface area contributed by atoms with Gasteiger partial charge in [0.2, 0.25) is 0 Å². The summed E-state index contributed by atoms with van der Waals surface area (Å²) >= 11 is 3.34. The molecule has 0 heterocycles. The molecule has 2 rings (SSSR count). The molecule has 0 aliphatic rings. The van der Waals surface area contributed by atoms with E-state index in [1.807, 2.05) is 30.3 Å². The molecular weight excluding hydrogens is 426 g/mol. The number of ether oxygens (including phenoxy) is 2. The number of esters is 1. The molecule has 0 bridgehead atoms. The molecule has 2 N–H and O–H groups in total. The Morgan fingerprint density at radius 2 is 1.68 bits per heavy atom. The first-order valence-corrected chi connectivity index (χ1v) is 9.58. The predicted molar refractivity (Wildman–Crippen MR) is 108 cm³/mol. The average molecular weight is 450 g/mol. The van der Waals surface area contributed by atoms with Gasteiger partial charge in [0.15, 0.2) is 6.10 Å². The van der Waals surface area contributed by atoms with Gasteiger partial charge in [-0.05, 0) is 44.0 Å². The van der Waals surface area contributed by atoms with E-state index < -0.39 is 29.8 Å². The van der Waals surface area contributed by atoms with Gasteiger partial charge in [-0.3, -0.25) is 0 Å². The molecule has 2 atom stereocenters. The molecule has 0 radical (unpaired) electrons. The molecule has 1 amide bonds. The normalized spacial score (nSPS) is 13.3. The SMILES string of the molecule is CC(C)(C)OC(=O)N[C@@H](c1ccc(Br)cc1)[C@@H](O)C(=O)OCc1ccccc1. The molecule has 0 fully saturated rings. The van der Waals surface area contributed by atoms with Crippen LogP contribution in [0.3, 0.4) is 0 Å². The number of hydrogen-bond acceptors (Lipinski definition) is 5. The van der Waals surface area contributed by atoms with E-state index in [1.165, 1.54) is 0 Å². The Labute approximate surface area is 173 Å². The number of alkyl carbamates (subject to hydrolysis) is 1. The van der Waals surface area contributed by atoms with Crippen molar-refractivity contribution in [2.75, 3.05) is 0 Å². The molecule has 6 nitrogen and oxygen atoms in total. The number of amides is 1. The number of benzene rings is 2. The van der Waals surface area contributed by atoms with Crippen molar-refractivity contribution >= 4 is 28.0 Å². The van der Waals surface area contributed by atoms with E-state index in [1.54, 1.807) is 45.0 Å². The van der Waals surface area contributed by atoms with E-state index in [-0.39, 0.29) is 6.61 Å². The Kier molecular flexibility index (Phi) is 7.60. The van der Waals surface area contributed by atoms with Gasteiger partial charge in [-0.2, -0.15) is 0 Å². The van der Waals surface area contributed by atoms with E-state index in [0.29, 0.717) is 5.56 Å². The summed E-state index contributed by atoms with van der Waals surface area (Å²) in [5.74, 6) is -0.840. The van der Waals surface area contributed by atoms with Gasteiger partial charge < -0.3 is 19.9 Å². The van der Waals surface area contributed by atoms with Crippen LogP contribution in [0.25, 0.3) is 0 Å². The number of rotatable bonds is 6. The molecule has 0 aliphatic heterocycles. The second kappa shape index (κ2) is 9.71. The van der Waals surface area contributed by atoms with Crippen molar-refractivity contribution in [3.63, 3.8) is 0 Å². The number of carbonyl (C=O) groups excluding carboxylic acids is 2. The van der Waals surface area contributed by atoms with Gasteiger partial charge in [-0.1, -0.05) is 58.4 Å². The van der Waals surface area contributed by atoms with Crippen molar-refractivity contribution in [2.24, 2.45) is 0 Å². The second-order valence-electron chi connectivity index (χ2n) is 7.21. The number of carbonyl (C=O) groups is 2. The number of aliphatic hydroxyl groups is 1. The van der Waals surface area contributed by atoms with Gasteiger partial charge in [0.05, 0.1) is 6.04 Å². The molecule has 28 heavy (non-hydrogen) atoms. The van der Waals surface area contributed by atoms with Gasteiger partial charge >= 0.3 is 12.1 Å².